The number of nitrogens with zero attached hydrogens (tertiary/aromatic N) is 1. The molecule has 0 atom stereocenters. The van der Waals surface area contributed by atoms with Crippen LogP contribution >= 0.6 is 15.9 Å². The number of halogens is 1. The first-order chi connectivity index (χ1) is 7.33. The van der Waals surface area contributed by atoms with E-state index in [0.29, 0.717) is 0 Å². The Morgan fingerprint density at radius 2 is 2.20 bits per heavy atom. The fourth-order valence-electron chi connectivity index (χ4n) is 1.51. The summed E-state index contributed by atoms with van der Waals surface area (Å²) in [5.74, 6) is 1.51. The zero-order valence-electron chi connectivity index (χ0n) is 7.70. The lowest BCUT2D eigenvalue weighted by atomic mass is 10.3. The molecule has 15 heavy (non-hydrogen) atoms. The van der Waals surface area contributed by atoms with Crippen LogP contribution in [0.25, 0.3) is 22.6 Å². The summed E-state index contributed by atoms with van der Waals surface area (Å²) in [6.07, 6.45) is 1.64. The Kier molecular flexibility index (Phi) is 1.89. The predicted molar refractivity (Wildman–Crippen MR) is 61.5 cm³/mol. The van der Waals surface area contributed by atoms with Crippen molar-refractivity contribution in [2.45, 2.75) is 0 Å². The minimum absolute atomic E-state index is 0.752. The molecule has 0 fully saturated rings. The first kappa shape index (κ1) is 8.73. The summed E-state index contributed by atoms with van der Waals surface area (Å²) in [7, 11) is 0. The second kappa shape index (κ2) is 3.24. The number of rotatable bonds is 1. The number of hydrogen-bond acceptors (Lipinski definition) is 2. The molecule has 3 rings (SSSR count). The van der Waals surface area contributed by atoms with Crippen LogP contribution in [-0.2, 0) is 0 Å². The molecule has 4 heteroatoms. The Morgan fingerprint density at radius 1 is 1.27 bits per heavy atom. The highest BCUT2D eigenvalue weighted by molar-refractivity contribution is 9.10. The summed E-state index contributed by atoms with van der Waals surface area (Å²) in [5.41, 5.74) is 1.93. The van der Waals surface area contributed by atoms with Crippen molar-refractivity contribution in [3.05, 3.63) is 41.1 Å². The first-order valence-corrected chi connectivity index (χ1v) is 5.31. The molecular formula is C11H7BrN2O. The van der Waals surface area contributed by atoms with E-state index in [0.717, 1.165) is 27.1 Å². The normalized spacial score (nSPS) is 11.0. The molecule has 3 nitrogen and oxygen atoms in total. The van der Waals surface area contributed by atoms with Crippen LogP contribution in [0.1, 0.15) is 0 Å². The molecule has 74 valence electrons. The molecule has 0 aliphatic carbocycles. The summed E-state index contributed by atoms with van der Waals surface area (Å²) < 4.78 is 6.31. The second-order valence-corrected chi connectivity index (χ2v) is 4.14. The summed E-state index contributed by atoms with van der Waals surface area (Å²) in [4.78, 5) is 7.63. The largest absolute Gasteiger partial charge is 0.461 e. The van der Waals surface area contributed by atoms with Gasteiger partial charge in [0.2, 0.25) is 0 Å². The average molecular weight is 263 g/mol. The molecule has 0 unspecified atom stereocenters. The van der Waals surface area contributed by atoms with E-state index in [1.54, 1.807) is 6.26 Å². The number of aromatic nitrogens is 2. The number of aromatic amines is 1. The number of benzene rings is 1. The standard InChI is InChI=1S/C11H7BrN2O/c12-7-3-4-8-9(6-7)14-11(13-8)10-2-1-5-15-10/h1-6H,(H,13,14). The molecule has 0 aliphatic heterocycles. The zero-order valence-corrected chi connectivity index (χ0v) is 9.28. The predicted octanol–water partition coefficient (Wildman–Crippen LogP) is 3.59. The average Bonchev–Trinajstić information content (AvgIpc) is 2.84. The highest BCUT2D eigenvalue weighted by Crippen LogP contribution is 2.22. The molecule has 0 aliphatic rings. The molecule has 2 aromatic heterocycles. The van der Waals surface area contributed by atoms with E-state index in [1.807, 2.05) is 30.3 Å². The van der Waals surface area contributed by atoms with E-state index in [4.69, 9.17) is 4.42 Å². The van der Waals surface area contributed by atoms with Crippen LogP contribution in [0.3, 0.4) is 0 Å². The highest BCUT2D eigenvalue weighted by atomic mass is 79.9. The van der Waals surface area contributed by atoms with Crippen molar-refractivity contribution in [3.63, 3.8) is 0 Å². The molecule has 0 spiro atoms. The number of nitrogens with one attached hydrogen (secondary N) is 1. The topological polar surface area (TPSA) is 41.8 Å². The van der Waals surface area contributed by atoms with Gasteiger partial charge in [0.25, 0.3) is 0 Å². The van der Waals surface area contributed by atoms with E-state index in [1.165, 1.54) is 0 Å². The lowest BCUT2D eigenvalue weighted by molar-refractivity contribution is 0.578. The smallest absolute Gasteiger partial charge is 0.174 e. The molecular weight excluding hydrogens is 256 g/mol. The molecule has 0 amide bonds. The summed E-state index contributed by atoms with van der Waals surface area (Å²) in [6, 6.07) is 9.65. The number of fused-ring (bicyclic) bond motifs is 1. The van der Waals surface area contributed by atoms with Crippen LogP contribution < -0.4 is 0 Å². The fourth-order valence-corrected chi connectivity index (χ4v) is 1.87. The van der Waals surface area contributed by atoms with Gasteiger partial charge < -0.3 is 9.40 Å². The van der Waals surface area contributed by atoms with Crippen LogP contribution in [-0.4, -0.2) is 9.97 Å². The minimum atomic E-state index is 0.752. The van der Waals surface area contributed by atoms with Crippen LogP contribution in [0.4, 0.5) is 0 Å². The van der Waals surface area contributed by atoms with Crippen LogP contribution in [0.2, 0.25) is 0 Å². The van der Waals surface area contributed by atoms with E-state index >= 15 is 0 Å². The highest BCUT2D eigenvalue weighted by Gasteiger charge is 2.06. The van der Waals surface area contributed by atoms with E-state index in [2.05, 4.69) is 25.9 Å². The molecule has 0 bridgehead atoms. The minimum Gasteiger partial charge on any atom is -0.461 e. The second-order valence-electron chi connectivity index (χ2n) is 3.22. The zero-order chi connectivity index (χ0) is 10.3. The lowest BCUT2D eigenvalue weighted by Crippen LogP contribution is -1.73. The summed E-state index contributed by atoms with van der Waals surface area (Å²) >= 11 is 3.42. The van der Waals surface area contributed by atoms with Crippen molar-refractivity contribution in [1.82, 2.24) is 9.97 Å². The Bertz CT molecular complexity index is 598. The van der Waals surface area contributed by atoms with E-state index < -0.39 is 0 Å². The lowest BCUT2D eigenvalue weighted by Gasteiger charge is -1.87. The van der Waals surface area contributed by atoms with Gasteiger partial charge in [-0.05, 0) is 30.3 Å². The first-order valence-electron chi connectivity index (χ1n) is 4.52. The van der Waals surface area contributed by atoms with Gasteiger partial charge in [-0.3, -0.25) is 0 Å². The third kappa shape index (κ3) is 1.47. The van der Waals surface area contributed by atoms with Gasteiger partial charge in [0.05, 0.1) is 17.3 Å². The van der Waals surface area contributed by atoms with Crippen molar-refractivity contribution < 1.29 is 4.42 Å². The van der Waals surface area contributed by atoms with Gasteiger partial charge in [0.1, 0.15) is 0 Å². The van der Waals surface area contributed by atoms with Crippen molar-refractivity contribution in [2.24, 2.45) is 0 Å². The molecule has 1 aromatic carbocycles. The van der Waals surface area contributed by atoms with Gasteiger partial charge in [-0.25, -0.2) is 4.98 Å². The Balaban J connectivity index is 2.22. The molecule has 0 radical (unpaired) electrons. The van der Waals surface area contributed by atoms with Gasteiger partial charge in [-0.2, -0.15) is 0 Å². The van der Waals surface area contributed by atoms with Crippen molar-refractivity contribution in [1.29, 1.82) is 0 Å². The monoisotopic (exact) mass is 262 g/mol. The third-order valence-electron chi connectivity index (χ3n) is 2.20. The molecule has 0 saturated carbocycles. The van der Waals surface area contributed by atoms with Crippen LogP contribution in [0.15, 0.2) is 45.5 Å². The maximum absolute atomic E-state index is 5.27. The maximum Gasteiger partial charge on any atom is 0.174 e. The maximum atomic E-state index is 5.27. The molecule has 2 heterocycles. The quantitative estimate of drug-likeness (QED) is 0.729. The van der Waals surface area contributed by atoms with Gasteiger partial charge in [-0.15, -0.1) is 0 Å². The fraction of sp³-hybridized carbons (Fsp3) is 0. The number of hydrogen-bond donors (Lipinski definition) is 1. The van der Waals surface area contributed by atoms with E-state index in [-0.39, 0.29) is 0 Å². The number of H-pyrrole nitrogens is 1. The Hall–Kier alpha value is -1.55. The van der Waals surface area contributed by atoms with Crippen LogP contribution in [0, 0.1) is 0 Å². The van der Waals surface area contributed by atoms with Gasteiger partial charge >= 0.3 is 0 Å². The van der Waals surface area contributed by atoms with Crippen LogP contribution in [0.5, 0.6) is 0 Å². The number of furan rings is 1. The summed E-state index contributed by atoms with van der Waals surface area (Å²) in [5, 5.41) is 0. The van der Waals surface area contributed by atoms with Gasteiger partial charge in [0, 0.05) is 4.47 Å². The molecule has 0 saturated heterocycles. The van der Waals surface area contributed by atoms with E-state index in [9.17, 15) is 0 Å². The Morgan fingerprint density at radius 3 is 3.00 bits per heavy atom. The van der Waals surface area contributed by atoms with Gasteiger partial charge in [0.15, 0.2) is 11.6 Å². The number of imidazole rings is 1. The third-order valence-corrected chi connectivity index (χ3v) is 2.69. The van der Waals surface area contributed by atoms with Crippen molar-refractivity contribution >= 4 is 27.0 Å². The van der Waals surface area contributed by atoms with Crippen molar-refractivity contribution in [3.8, 4) is 11.6 Å². The SMILES string of the molecule is Brc1ccc2nc(-c3ccco3)[nH]c2c1. The summed E-state index contributed by atoms with van der Waals surface area (Å²) in [6.45, 7) is 0. The molecule has 3 aromatic rings. The van der Waals surface area contributed by atoms with Crippen molar-refractivity contribution in [2.75, 3.05) is 0 Å². The molecule has 1 N–H and O–H groups in total. The van der Waals surface area contributed by atoms with Gasteiger partial charge in [-0.1, -0.05) is 15.9 Å². The Labute approximate surface area is 94.3 Å².